The summed E-state index contributed by atoms with van der Waals surface area (Å²) in [6, 6.07) is 5.37. The lowest BCUT2D eigenvalue weighted by atomic mass is 9.44. The third kappa shape index (κ3) is 3.42. The number of phenols is 1. The number of halogens is 1. The summed E-state index contributed by atoms with van der Waals surface area (Å²) in [6.07, 6.45) is 14.7. The van der Waals surface area contributed by atoms with Crippen LogP contribution in [0.2, 0.25) is 0 Å². The van der Waals surface area contributed by atoms with Crippen LogP contribution in [0.15, 0.2) is 27.7 Å². The summed E-state index contributed by atoms with van der Waals surface area (Å²) >= 11 is 3.46. The second-order valence-electron chi connectivity index (χ2n) is 11.6. The quantitative estimate of drug-likeness (QED) is 0.463. The molecule has 0 saturated heterocycles. The highest BCUT2D eigenvalue weighted by molar-refractivity contribution is 9.10. The van der Waals surface area contributed by atoms with E-state index in [1.807, 2.05) is 12.1 Å². The van der Waals surface area contributed by atoms with E-state index in [1.54, 1.807) is 12.3 Å². The predicted molar refractivity (Wildman–Crippen MR) is 130 cm³/mol. The van der Waals surface area contributed by atoms with E-state index in [0.717, 1.165) is 41.5 Å². The molecule has 4 aliphatic carbocycles. The Morgan fingerprint density at radius 3 is 2.68 bits per heavy atom. The minimum atomic E-state index is -0.731. The van der Waals surface area contributed by atoms with Gasteiger partial charge in [-0.15, -0.1) is 0 Å². The molecule has 0 bridgehead atoms. The van der Waals surface area contributed by atoms with E-state index in [4.69, 9.17) is 0 Å². The van der Waals surface area contributed by atoms with Crippen molar-refractivity contribution in [1.29, 1.82) is 0 Å². The number of benzene rings is 1. The van der Waals surface area contributed by atoms with Gasteiger partial charge in [0, 0.05) is 21.7 Å². The van der Waals surface area contributed by atoms with Gasteiger partial charge in [-0.3, -0.25) is 4.99 Å². The van der Waals surface area contributed by atoms with E-state index in [1.165, 1.54) is 44.9 Å². The summed E-state index contributed by atoms with van der Waals surface area (Å²) in [6.45, 7) is 5.41. The van der Waals surface area contributed by atoms with Gasteiger partial charge in [0.25, 0.3) is 0 Å². The first-order valence-electron chi connectivity index (χ1n) is 12.5. The molecule has 0 spiro atoms. The number of hydrogen-bond acceptors (Lipinski definition) is 3. The molecule has 0 heterocycles. The van der Waals surface area contributed by atoms with Crippen LogP contribution in [0.3, 0.4) is 0 Å². The summed E-state index contributed by atoms with van der Waals surface area (Å²) in [5, 5.41) is 22.0. The van der Waals surface area contributed by atoms with E-state index in [9.17, 15) is 10.2 Å². The zero-order valence-electron chi connectivity index (χ0n) is 19.1. The summed E-state index contributed by atoms with van der Waals surface area (Å²) in [4.78, 5) is 4.66. The van der Waals surface area contributed by atoms with E-state index in [0.29, 0.717) is 23.4 Å². The van der Waals surface area contributed by atoms with E-state index < -0.39 is 5.60 Å². The Hall–Kier alpha value is -0.870. The molecule has 0 radical (unpaired) electrons. The van der Waals surface area contributed by atoms with Crippen LogP contribution >= 0.6 is 15.9 Å². The van der Waals surface area contributed by atoms with Crippen LogP contribution in [-0.4, -0.2) is 28.6 Å². The third-order valence-electron chi connectivity index (χ3n) is 10.5. The largest absolute Gasteiger partial charge is 0.507 e. The second kappa shape index (κ2) is 7.87. The molecule has 7 atom stereocenters. The van der Waals surface area contributed by atoms with E-state index >= 15 is 0 Å². The molecule has 5 rings (SSSR count). The van der Waals surface area contributed by atoms with Gasteiger partial charge in [0.15, 0.2) is 0 Å². The van der Waals surface area contributed by atoms with Crippen molar-refractivity contribution in [3.05, 3.63) is 28.2 Å². The van der Waals surface area contributed by atoms with Crippen LogP contribution in [0.25, 0.3) is 0 Å². The normalized spacial score (nSPS) is 44.6. The first-order chi connectivity index (χ1) is 14.8. The molecule has 4 aliphatic rings. The molecule has 1 aromatic rings. The number of nitrogens with zero attached hydrogens (tertiary/aromatic N) is 1. The summed E-state index contributed by atoms with van der Waals surface area (Å²) < 4.78 is 0.920. The van der Waals surface area contributed by atoms with Crippen LogP contribution in [0.5, 0.6) is 5.75 Å². The Bertz CT molecular complexity index is 871. The van der Waals surface area contributed by atoms with Crippen molar-refractivity contribution in [1.82, 2.24) is 0 Å². The number of hydrogen-bond donors (Lipinski definition) is 2. The van der Waals surface area contributed by atoms with Crippen LogP contribution in [0, 0.1) is 34.5 Å². The van der Waals surface area contributed by atoms with Gasteiger partial charge in [-0.1, -0.05) is 42.6 Å². The monoisotopic (exact) mass is 487 g/mol. The van der Waals surface area contributed by atoms with Crippen molar-refractivity contribution < 1.29 is 10.2 Å². The first-order valence-corrected chi connectivity index (χ1v) is 13.3. The number of fused-ring (bicyclic) bond motifs is 5. The molecule has 4 saturated carbocycles. The van der Waals surface area contributed by atoms with Crippen molar-refractivity contribution in [3.8, 4) is 5.75 Å². The number of aromatic hydroxyl groups is 1. The zero-order chi connectivity index (χ0) is 21.9. The smallest absolute Gasteiger partial charge is 0.124 e. The van der Waals surface area contributed by atoms with E-state index in [2.05, 4.69) is 34.8 Å². The predicted octanol–water partition coefficient (Wildman–Crippen LogP) is 6.74. The average molecular weight is 489 g/mol. The van der Waals surface area contributed by atoms with E-state index in [-0.39, 0.29) is 11.2 Å². The van der Waals surface area contributed by atoms with Crippen molar-refractivity contribution in [2.45, 2.75) is 83.7 Å². The Labute approximate surface area is 195 Å². The van der Waals surface area contributed by atoms with Crippen LogP contribution in [0.4, 0.5) is 0 Å². The first kappa shape index (κ1) is 21.9. The van der Waals surface area contributed by atoms with Crippen molar-refractivity contribution >= 4 is 22.1 Å². The van der Waals surface area contributed by atoms with Crippen molar-refractivity contribution in [2.75, 3.05) is 6.54 Å². The van der Waals surface area contributed by atoms with Gasteiger partial charge in [-0.05, 0) is 98.7 Å². The molecule has 0 unspecified atom stereocenters. The molecular formula is C27H38BrNO2. The maximum atomic E-state index is 11.8. The standard InChI is InChI=1S/C27H38BrNO2/c1-25-12-4-3-5-19(25)6-8-21-22(25)10-13-26(2)23(21)11-14-27(26,31)17-29-16-18-15-20(28)7-9-24(18)30/h7,9,15-16,19,21-23,30-31H,3-6,8,10-14,17H2,1-2H3/t19-,21+,22-,23+,25-,26+,27-/m0/s1. The Kier molecular flexibility index (Phi) is 5.57. The van der Waals surface area contributed by atoms with Gasteiger partial charge >= 0.3 is 0 Å². The number of aliphatic hydroxyl groups is 1. The maximum Gasteiger partial charge on any atom is 0.124 e. The van der Waals surface area contributed by atoms with Gasteiger partial charge in [-0.2, -0.15) is 0 Å². The number of aliphatic imine (C=N–C) groups is 1. The lowest BCUT2D eigenvalue weighted by molar-refractivity contribution is -0.147. The molecule has 0 aliphatic heterocycles. The van der Waals surface area contributed by atoms with Crippen LogP contribution < -0.4 is 0 Å². The molecule has 170 valence electrons. The maximum absolute atomic E-state index is 11.8. The minimum absolute atomic E-state index is 0.0390. The number of rotatable bonds is 3. The van der Waals surface area contributed by atoms with Crippen molar-refractivity contribution in [2.24, 2.45) is 39.5 Å². The molecule has 0 aromatic heterocycles. The summed E-state index contributed by atoms with van der Waals surface area (Å²) in [5.74, 6) is 3.44. The molecular weight excluding hydrogens is 450 g/mol. The van der Waals surface area contributed by atoms with Gasteiger partial charge < -0.3 is 10.2 Å². The molecule has 31 heavy (non-hydrogen) atoms. The second-order valence-corrected chi connectivity index (χ2v) is 12.5. The summed E-state index contributed by atoms with van der Waals surface area (Å²) in [7, 11) is 0. The average Bonchev–Trinajstić information content (AvgIpc) is 3.01. The SMILES string of the molecule is C[C@]12CCCC[C@H]1CC[C@H]1[C@H]3CC[C@](O)(CN=Cc4cc(Br)ccc4O)[C@]3(C)CC[C@@H]12. The van der Waals surface area contributed by atoms with Gasteiger partial charge in [0.05, 0.1) is 12.1 Å². The lowest BCUT2D eigenvalue weighted by Gasteiger charge is -2.61. The van der Waals surface area contributed by atoms with Gasteiger partial charge in [-0.25, -0.2) is 0 Å². The molecule has 3 nitrogen and oxygen atoms in total. The Balaban J connectivity index is 1.35. The van der Waals surface area contributed by atoms with Crippen LogP contribution in [0.1, 0.15) is 83.6 Å². The highest BCUT2D eigenvalue weighted by Crippen LogP contribution is 2.68. The Morgan fingerprint density at radius 1 is 1.03 bits per heavy atom. The minimum Gasteiger partial charge on any atom is -0.507 e. The fourth-order valence-electron chi connectivity index (χ4n) is 8.59. The fraction of sp³-hybridized carbons (Fsp3) is 0.741. The molecule has 0 amide bonds. The Morgan fingerprint density at radius 2 is 1.84 bits per heavy atom. The third-order valence-corrected chi connectivity index (χ3v) is 11.0. The van der Waals surface area contributed by atoms with Crippen molar-refractivity contribution in [3.63, 3.8) is 0 Å². The van der Waals surface area contributed by atoms with Crippen LogP contribution in [-0.2, 0) is 0 Å². The molecule has 4 heteroatoms. The molecule has 2 N–H and O–H groups in total. The topological polar surface area (TPSA) is 52.8 Å². The number of phenolic OH excluding ortho intramolecular Hbond substituents is 1. The fourth-order valence-corrected chi connectivity index (χ4v) is 8.97. The lowest BCUT2D eigenvalue weighted by Crippen LogP contribution is -2.56. The summed E-state index contributed by atoms with van der Waals surface area (Å²) in [5.41, 5.74) is 0.470. The highest BCUT2D eigenvalue weighted by atomic mass is 79.9. The van der Waals surface area contributed by atoms with Gasteiger partial charge in [0.1, 0.15) is 5.75 Å². The van der Waals surface area contributed by atoms with Gasteiger partial charge in [0.2, 0.25) is 0 Å². The zero-order valence-corrected chi connectivity index (χ0v) is 20.7. The molecule has 4 fully saturated rings. The molecule has 1 aromatic carbocycles. The highest BCUT2D eigenvalue weighted by Gasteiger charge is 2.64.